The quantitative estimate of drug-likeness (QED) is 0.793. The minimum Gasteiger partial charge on any atom is -0.307 e. The highest BCUT2D eigenvalue weighted by molar-refractivity contribution is 5.75. The minimum atomic E-state index is 0.550. The van der Waals surface area contributed by atoms with Crippen LogP contribution in [0.4, 0.5) is 0 Å². The number of rotatable bonds is 2. The van der Waals surface area contributed by atoms with Gasteiger partial charge in [0.05, 0.1) is 0 Å². The Balaban J connectivity index is 2.23. The predicted molar refractivity (Wildman–Crippen MR) is 81.6 cm³/mol. The Hall–Kier alpha value is -1.60. The summed E-state index contributed by atoms with van der Waals surface area (Å²) in [7, 11) is 0. The lowest BCUT2D eigenvalue weighted by atomic mass is 9.89. The molecule has 0 aromatic heterocycles. The summed E-state index contributed by atoms with van der Waals surface area (Å²) < 4.78 is 0. The molecule has 1 atom stereocenters. The number of hydrogen-bond donors (Lipinski definition) is 1. The predicted octanol–water partition coefficient (Wildman–Crippen LogP) is 4.23. The standard InChI is InChI=1S/C18H21N/c1-11-5-6-15(13(3)7-11)18-14(4)8-12(2)9-16(18)17-10-19-17/h5-9,17,19H,10H2,1-4H3. The van der Waals surface area contributed by atoms with Crippen LogP contribution in [0, 0.1) is 27.7 Å². The van der Waals surface area contributed by atoms with Crippen molar-refractivity contribution in [2.45, 2.75) is 33.7 Å². The first kappa shape index (κ1) is 12.4. The van der Waals surface area contributed by atoms with Crippen molar-refractivity contribution in [2.24, 2.45) is 0 Å². The third kappa shape index (κ3) is 2.31. The summed E-state index contributed by atoms with van der Waals surface area (Å²) in [6, 6.07) is 11.9. The van der Waals surface area contributed by atoms with Gasteiger partial charge in [0.25, 0.3) is 0 Å². The lowest BCUT2D eigenvalue weighted by Crippen LogP contribution is -1.97. The van der Waals surface area contributed by atoms with E-state index >= 15 is 0 Å². The SMILES string of the molecule is Cc1ccc(-c2c(C)cc(C)cc2C2CN2)c(C)c1. The van der Waals surface area contributed by atoms with Crippen molar-refractivity contribution in [3.63, 3.8) is 0 Å². The van der Waals surface area contributed by atoms with Gasteiger partial charge in [-0.15, -0.1) is 0 Å². The van der Waals surface area contributed by atoms with Crippen LogP contribution in [0.15, 0.2) is 30.3 Å². The largest absolute Gasteiger partial charge is 0.307 e. The molecule has 1 N–H and O–H groups in total. The molecule has 19 heavy (non-hydrogen) atoms. The van der Waals surface area contributed by atoms with Gasteiger partial charge in [-0.25, -0.2) is 0 Å². The van der Waals surface area contributed by atoms with Crippen LogP contribution < -0.4 is 5.32 Å². The van der Waals surface area contributed by atoms with Crippen LogP contribution in [-0.4, -0.2) is 6.54 Å². The molecule has 0 saturated carbocycles. The van der Waals surface area contributed by atoms with Gasteiger partial charge in [-0.2, -0.15) is 0 Å². The molecule has 1 nitrogen and oxygen atoms in total. The molecule has 1 aliphatic heterocycles. The Morgan fingerprint density at radius 1 is 0.895 bits per heavy atom. The van der Waals surface area contributed by atoms with E-state index in [9.17, 15) is 0 Å². The van der Waals surface area contributed by atoms with E-state index in [1.54, 1.807) is 0 Å². The summed E-state index contributed by atoms with van der Waals surface area (Å²) in [6.07, 6.45) is 0. The third-order valence-electron chi connectivity index (χ3n) is 3.95. The van der Waals surface area contributed by atoms with Crippen LogP contribution >= 0.6 is 0 Å². The van der Waals surface area contributed by atoms with Gasteiger partial charge in [-0.1, -0.05) is 41.5 Å². The second kappa shape index (κ2) is 4.50. The molecule has 98 valence electrons. The van der Waals surface area contributed by atoms with Gasteiger partial charge >= 0.3 is 0 Å². The Bertz CT molecular complexity index is 636. The lowest BCUT2D eigenvalue weighted by molar-refractivity contribution is 1.07. The van der Waals surface area contributed by atoms with Gasteiger partial charge < -0.3 is 5.32 Å². The lowest BCUT2D eigenvalue weighted by Gasteiger charge is -2.16. The summed E-state index contributed by atoms with van der Waals surface area (Å²) in [4.78, 5) is 0. The molecule has 2 aromatic rings. The topological polar surface area (TPSA) is 21.9 Å². The highest BCUT2D eigenvalue weighted by Gasteiger charge is 2.26. The summed E-state index contributed by atoms with van der Waals surface area (Å²) in [5.41, 5.74) is 9.71. The van der Waals surface area contributed by atoms with E-state index in [1.165, 1.54) is 38.9 Å². The molecule has 1 unspecified atom stereocenters. The number of nitrogens with one attached hydrogen (secondary N) is 1. The zero-order valence-electron chi connectivity index (χ0n) is 12.2. The summed E-state index contributed by atoms with van der Waals surface area (Å²) in [6.45, 7) is 9.90. The van der Waals surface area contributed by atoms with E-state index in [0.717, 1.165) is 6.54 Å². The zero-order valence-corrected chi connectivity index (χ0v) is 12.2. The Morgan fingerprint density at radius 3 is 2.21 bits per heavy atom. The zero-order chi connectivity index (χ0) is 13.6. The number of aryl methyl sites for hydroxylation is 4. The Morgan fingerprint density at radius 2 is 1.58 bits per heavy atom. The van der Waals surface area contributed by atoms with Crippen molar-refractivity contribution in [1.29, 1.82) is 0 Å². The highest BCUT2D eigenvalue weighted by Crippen LogP contribution is 2.37. The average molecular weight is 251 g/mol. The molecule has 0 amide bonds. The van der Waals surface area contributed by atoms with Crippen molar-refractivity contribution in [3.05, 3.63) is 58.1 Å². The van der Waals surface area contributed by atoms with E-state index in [1.807, 2.05) is 0 Å². The fourth-order valence-electron chi connectivity index (χ4n) is 3.02. The van der Waals surface area contributed by atoms with Crippen LogP contribution in [0.2, 0.25) is 0 Å². The summed E-state index contributed by atoms with van der Waals surface area (Å²) in [5.74, 6) is 0. The van der Waals surface area contributed by atoms with Crippen LogP contribution in [0.25, 0.3) is 11.1 Å². The summed E-state index contributed by atoms with van der Waals surface area (Å²) in [5, 5.41) is 3.45. The Kier molecular flexibility index (Phi) is 2.94. The minimum absolute atomic E-state index is 0.550. The van der Waals surface area contributed by atoms with Crippen LogP contribution in [-0.2, 0) is 0 Å². The molecule has 2 aromatic carbocycles. The maximum absolute atomic E-state index is 3.45. The fourth-order valence-corrected chi connectivity index (χ4v) is 3.02. The smallest absolute Gasteiger partial charge is 0.0454 e. The van der Waals surface area contributed by atoms with E-state index in [-0.39, 0.29) is 0 Å². The monoisotopic (exact) mass is 251 g/mol. The van der Waals surface area contributed by atoms with E-state index < -0.39 is 0 Å². The van der Waals surface area contributed by atoms with E-state index in [0.29, 0.717) is 6.04 Å². The first-order valence-electron chi connectivity index (χ1n) is 6.98. The fraction of sp³-hybridized carbons (Fsp3) is 0.333. The average Bonchev–Trinajstić information content (AvgIpc) is 3.13. The first-order chi connectivity index (χ1) is 9.06. The molecule has 0 radical (unpaired) electrons. The molecule has 1 aliphatic rings. The van der Waals surface area contributed by atoms with Gasteiger partial charge in [-0.05, 0) is 55.5 Å². The number of benzene rings is 2. The van der Waals surface area contributed by atoms with Gasteiger partial charge in [0.15, 0.2) is 0 Å². The molecule has 1 heteroatoms. The Labute approximate surface area is 115 Å². The van der Waals surface area contributed by atoms with Crippen molar-refractivity contribution in [1.82, 2.24) is 5.32 Å². The maximum atomic E-state index is 3.45. The molecule has 0 spiro atoms. The first-order valence-corrected chi connectivity index (χ1v) is 6.98. The van der Waals surface area contributed by atoms with Crippen LogP contribution in [0.3, 0.4) is 0 Å². The van der Waals surface area contributed by atoms with Gasteiger partial charge in [-0.3, -0.25) is 0 Å². The molecule has 1 fully saturated rings. The molecule has 1 heterocycles. The third-order valence-corrected chi connectivity index (χ3v) is 3.95. The second-order valence-corrected chi connectivity index (χ2v) is 5.83. The second-order valence-electron chi connectivity index (χ2n) is 5.83. The number of hydrogen-bond acceptors (Lipinski definition) is 1. The molecule has 0 aliphatic carbocycles. The van der Waals surface area contributed by atoms with Gasteiger partial charge in [0.1, 0.15) is 0 Å². The molecular weight excluding hydrogens is 230 g/mol. The van der Waals surface area contributed by atoms with Crippen molar-refractivity contribution in [2.75, 3.05) is 6.54 Å². The highest BCUT2D eigenvalue weighted by atomic mass is 15.1. The van der Waals surface area contributed by atoms with Crippen molar-refractivity contribution in [3.8, 4) is 11.1 Å². The van der Waals surface area contributed by atoms with E-state index in [4.69, 9.17) is 0 Å². The van der Waals surface area contributed by atoms with Gasteiger partial charge in [0.2, 0.25) is 0 Å². The molecular formula is C18H21N. The van der Waals surface area contributed by atoms with Crippen molar-refractivity contribution >= 4 is 0 Å². The van der Waals surface area contributed by atoms with Crippen LogP contribution in [0.5, 0.6) is 0 Å². The van der Waals surface area contributed by atoms with Crippen molar-refractivity contribution < 1.29 is 0 Å². The summed E-state index contributed by atoms with van der Waals surface area (Å²) >= 11 is 0. The normalized spacial score (nSPS) is 17.6. The molecule has 1 saturated heterocycles. The maximum Gasteiger partial charge on any atom is 0.0454 e. The van der Waals surface area contributed by atoms with E-state index in [2.05, 4.69) is 63.3 Å². The molecule has 3 rings (SSSR count). The van der Waals surface area contributed by atoms with Crippen LogP contribution in [0.1, 0.15) is 33.9 Å². The van der Waals surface area contributed by atoms with Gasteiger partial charge in [0, 0.05) is 12.6 Å². The molecule has 0 bridgehead atoms.